The Morgan fingerprint density at radius 2 is 2.24 bits per heavy atom. The summed E-state index contributed by atoms with van der Waals surface area (Å²) in [5, 5.41) is 8.32. The van der Waals surface area contributed by atoms with Gasteiger partial charge in [0, 0.05) is 59.7 Å². The number of nitrogens with zero attached hydrogens (tertiary/aromatic N) is 5. The highest BCUT2D eigenvalue weighted by Gasteiger charge is 2.11. The van der Waals surface area contributed by atoms with E-state index in [1.807, 2.05) is 41.8 Å². The SMILES string of the molecule is COCCSc1cnc2c(ccn2-c2csc(-c3cnn(C)c3)n2)c1. The average Bonchev–Trinajstić information content (AvgIpc) is 3.33. The zero-order chi connectivity index (χ0) is 17.2. The predicted octanol–water partition coefficient (Wildman–Crippen LogP) is 3.62. The lowest BCUT2D eigenvalue weighted by Gasteiger charge is -2.03. The molecular formula is C17H17N5OS2. The van der Waals surface area contributed by atoms with Gasteiger partial charge in [0.25, 0.3) is 0 Å². The zero-order valence-corrected chi connectivity index (χ0v) is 15.5. The van der Waals surface area contributed by atoms with Crippen LogP contribution in [0.25, 0.3) is 27.4 Å². The van der Waals surface area contributed by atoms with Crippen LogP contribution in [0.2, 0.25) is 0 Å². The van der Waals surface area contributed by atoms with Crippen molar-refractivity contribution in [2.24, 2.45) is 7.05 Å². The largest absolute Gasteiger partial charge is 0.384 e. The third-order valence-electron chi connectivity index (χ3n) is 3.75. The Morgan fingerprint density at radius 3 is 3.04 bits per heavy atom. The summed E-state index contributed by atoms with van der Waals surface area (Å²) in [6.45, 7) is 0.736. The second-order valence-electron chi connectivity index (χ2n) is 5.52. The van der Waals surface area contributed by atoms with Gasteiger partial charge in [-0.05, 0) is 12.1 Å². The van der Waals surface area contributed by atoms with Gasteiger partial charge in [-0.3, -0.25) is 9.25 Å². The van der Waals surface area contributed by atoms with Gasteiger partial charge in [0.15, 0.2) is 0 Å². The molecule has 0 spiro atoms. The van der Waals surface area contributed by atoms with Crippen LogP contribution in [-0.4, -0.2) is 43.8 Å². The lowest BCUT2D eigenvalue weighted by Crippen LogP contribution is -1.95. The van der Waals surface area contributed by atoms with Crippen LogP contribution < -0.4 is 0 Å². The summed E-state index contributed by atoms with van der Waals surface area (Å²) in [6.07, 6.45) is 7.73. The molecule has 0 N–H and O–H groups in total. The third kappa shape index (κ3) is 3.33. The molecule has 0 saturated carbocycles. The van der Waals surface area contributed by atoms with Crippen LogP contribution in [0.4, 0.5) is 0 Å². The van der Waals surface area contributed by atoms with Crippen LogP contribution in [0.15, 0.2) is 47.2 Å². The van der Waals surface area contributed by atoms with Crippen molar-refractivity contribution in [1.29, 1.82) is 0 Å². The van der Waals surface area contributed by atoms with Crippen molar-refractivity contribution >= 4 is 34.1 Å². The van der Waals surface area contributed by atoms with Crippen LogP contribution >= 0.6 is 23.1 Å². The molecule has 0 aliphatic carbocycles. The Balaban J connectivity index is 1.62. The van der Waals surface area contributed by atoms with Crippen molar-refractivity contribution in [3.8, 4) is 16.4 Å². The lowest BCUT2D eigenvalue weighted by molar-refractivity contribution is 0.218. The molecule has 4 aromatic heterocycles. The van der Waals surface area contributed by atoms with Crippen molar-refractivity contribution in [3.05, 3.63) is 42.3 Å². The van der Waals surface area contributed by atoms with Gasteiger partial charge >= 0.3 is 0 Å². The molecule has 0 atom stereocenters. The van der Waals surface area contributed by atoms with E-state index in [-0.39, 0.29) is 0 Å². The van der Waals surface area contributed by atoms with E-state index in [1.54, 1.807) is 34.9 Å². The highest BCUT2D eigenvalue weighted by molar-refractivity contribution is 7.99. The number of ether oxygens (including phenoxy) is 1. The molecule has 6 nitrogen and oxygen atoms in total. The van der Waals surface area contributed by atoms with Gasteiger partial charge in [0.05, 0.1) is 12.8 Å². The molecule has 0 saturated heterocycles. The summed E-state index contributed by atoms with van der Waals surface area (Å²) in [5.41, 5.74) is 1.94. The maximum absolute atomic E-state index is 5.09. The van der Waals surface area contributed by atoms with Gasteiger partial charge in [-0.1, -0.05) is 0 Å². The number of fused-ring (bicyclic) bond motifs is 1. The molecule has 0 aliphatic heterocycles. The van der Waals surface area contributed by atoms with Crippen LogP contribution in [0.5, 0.6) is 0 Å². The minimum Gasteiger partial charge on any atom is -0.384 e. The number of rotatable bonds is 6. The number of thioether (sulfide) groups is 1. The average molecular weight is 371 g/mol. The van der Waals surface area contributed by atoms with Crippen molar-refractivity contribution < 1.29 is 4.74 Å². The molecule has 0 fully saturated rings. The number of pyridine rings is 1. The molecule has 8 heteroatoms. The molecule has 4 rings (SSSR count). The highest BCUT2D eigenvalue weighted by Crippen LogP contribution is 2.28. The molecule has 4 aromatic rings. The Morgan fingerprint density at radius 1 is 1.32 bits per heavy atom. The molecule has 0 radical (unpaired) electrons. The maximum atomic E-state index is 5.09. The first-order chi connectivity index (χ1) is 12.2. The Bertz CT molecular complexity index is 1000. The number of thiazole rings is 1. The third-order valence-corrected chi connectivity index (χ3v) is 5.55. The standard InChI is InChI=1S/C17H17N5OS2/c1-21-10-13(8-19-21)17-20-15(11-25-17)22-4-3-12-7-14(9-18-16(12)22)24-6-5-23-2/h3-4,7-11H,5-6H2,1-2H3. The fourth-order valence-corrected chi connectivity index (χ4v) is 4.14. The molecule has 0 aliphatic rings. The van der Waals surface area contributed by atoms with Gasteiger partial charge in [-0.15, -0.1) is 23.1 Å². The topological polar surface area (TPSA) is 57.8 Å². The summed E-state index contributed by atoms with van der Waals surface area (Å²) in [4.78, 5) is 10.5. The van der Waals surface area contributed by atoms with E-state index >= 15 is 0 Å². The van der Waals surface area contributed by atoms with Crippen LogP contribution in [-0.2, 0) is 11.8 Å². The van der Waals surface area contributed by atoms with E-state index < -0.39 is 0 Å². The van der Waals surface area contributed by atoms with Gasteiger partial charge in [0.2, 0.25) is 0 Å². The number of hydrogen-bond donors (Lipinski definition) is 0. The molecule has 0 bridgehead atoms. The van der Waals surface area contributed by atoms with E-state index in [1.165, 1.54) is 0 Å². The quantitative estimate of drug-likeness (QED) is 0.383. The summed E-state index contributed by atoms with van der Waals surface area (Å²) in [5.74, 6) is 1.80. The van der Waals surface area contributed by atoms with Crippen molar-refractivity contribution in [2.45, 2.75) is 4.90 Å². The van der Waals surface area contributed by atoms with E-state index in [0.717, 1.165) is 44.7 Å². The van der Waals surface area contributed by atoms with Gasteiger partial charge < -0.3 is 4.74 Å². The van der Waals surface area contributed by atoms with Crippen LogP contribution in [0.1, 0.15) is 0 Å². The Hall–Kier alpha value is -2.16. The van der Waals surface area contributed by atoms with E-state index in [4.69, 9.17) is 9.72 Å². The first kappa shape index (κ1) is 16.3. The normalized spacial score (nSPS) is 11.4. The molecule has 4 heterocycles. The predicted molar refractivity (Wildman–Crippen MR) is 102 cm³/mol. The van der Waals surface area contributed by atoms with Crippen molar-refractivity contribution in [3.63, 3.8) is 0 Å². The fourth-order valence-electron chi connectivity index (χ4n) is 2.55. The minimum atomic E-state index is 0.736. The Labute approximate surface area is 153 Å². The summed E-state index contributed by atoms with van der Waals surface area (Å²) in [7, 11) is 3.62. The molecule has 0 aromatic carbocycles. The molecule has 0 unspecified atom stereocenters. The number of hydrogen-bond acceptors (Lipinski definition) is 6. The first-order valence-electron chi connectivity index (χ1n) is 7.78. The highest BCUT2D eigenvalue weighted by atomic mass is 32.2. The minimum absolute atomic E-state index is 0.736. The molecule has 128 valence electrons. The second kappa shape index (κ2) is 6.99. The Kier molecular flexibility index (Phi) is 4.56. The number of aromatic nitrogens is 5. The monoisotopic (exact) mass is 371 g/mol. The number of methoxy groups -OCH3 is 1. The van der Waals surface area contributed by atoms with Crippen LogP contribution in [0.3, 0.4) is 0 Å². The van der Waals surface area contributed by atoms with Gasteiger partial charge in [-0.2, -0.15) is 5.10 Å². The van der Waals surface area contributed by atoms with Crippen molar-refractivity contribution in [2.75, 3.05) is 19.5 Å². The second-order valence-corrected chi connectivity index (χ2v) is 7.55. The number of aryl methyl sites for hydroxylation is 1. The van der Waals surface area contributed by atoms with Crippen LogP contribution in [0, 0.1) is 0 Å². The fraction of sp³-hybridized carbons (Fsp3) is 0.235. The molecular weight excluding hydrogens is 354 g/mol. The summed E-state index contributed by atoms with van der Waals surface area (Å²) < 4.78 is 8.90. The first-order valence-corrected chi connectivity index (χ1v) is 9.65. The summed E-state index contributed by atoms with van der Waals surface area (Å²) >= 11 is 3.36. The van der Waals surface area contributed by atoms with E-state index in [9.17, 15) is 0 Å². The van der Waals surface area contributed by atoms with Gasteiger partial charge in [0.1, 0.15) is 16.5 Å². The molecule has 25 heavy (non-hydrogen) atoms. The van der Waals surface area contributed by atoms with E-state index in [2.05, 4.69) is 22.2 Å². The smallest absolute Gasteiger partial charge is 0.150 e. The maximum Gasteiger partial charge on any atom is 0.150 e. The summed E-state index contributed by atoms with van der Waals surface area (Å²) in [6, 6.07) is 4.24. The van der Waals surface area contributed by atoms with Gasteiger partial charge in [-0.25, -0.2) is 9.97 Å². The van der Waals surface area contributed by atoms with Crippen molar-refractivity contribution in [1.82, 2.24) is 24.3 Å². The molecule has 0 amide bonds. The zero-order valence-electron chi connectivity index (χ0n) is 13.9. The van der Waals surface area contributed by atoms with E-state index in [0.29, 0.717) is 0 Å². The lowest BCUT2D eigenvalue weighted by atomic mass is 10.3.